The van der Waals surface area contributed by atoms with E-state index in [1.54, 1.807) is 18.2 Å². The third-order valence-electron chi connectivity index (χ3n) is 3.75. The largest absolute Gasteiger partial charge is 0.486 e. The van der Waals surface area contributed by atoms with E-state index in [0.717, 1.165) is 5.39 Å². The lowest BCUT2D eigenvalue weighted by Crippen LogP contribution is -2.13. The minimum atomic E-state index is -0.426. The average molecular weight is 322 g/mol. The number of fused-ring (bicyclic) bond motifs is 3. The third-order valence-corrected chi connectivity index (χ3v) is 3.75. The molecule has 1 aliphatic rings. The molecule has 0 saturated carbocycles. The van der Waals surface area contributed by atoms with E-state index in [0.29, 0.717) is 22.4 Å². The molecule has 1 unspecified atom stereocenters. The van der Waals surface area contributed by atoms with Crippen molar-refractivity contribution < 1.29 is 19.1 Å². The number of carbonyl (C=O) groups is 2. The Morgan fingerprint density at radius 1 is 1.21 bits per heavy atom. The molecule has 0 fully saturated rings. The SMILES string of the molecule is CC(=O)Oc1cccc2ccc3c(c12)C(=O)C/C=C\C=C/C(C)O3. The molecule has 0 spiro atoms. The van der Waals surface area contributed by atoms with Gasteiger partial charge in [0.05, 0.1) is 5.56 Å². The second kappa shape index (κ2) is 6.71. The Morgan fingerprint density at radius 3 is 2.83 bits per heavy atom. The van der Waals surface area contributed by atoms with Crippen LogP contribution in [0.1, 0.15) is 30.6 Å². The fourth-order valence-corrected chi connectivity index (χ4v) is 2.76. The first-order valence-electron chi connectivity index (χ1n) is 7.83. The lowest BCUT2D eigenvalue weighted by molar-refractivity contribution is -0.131. The van der Waals surface area contributed by atoms with E-state index in [-0.39, 0.29) is 18.3 Å². The van der Waals surface area contributed by atoms with Crippen molar-refractivity contribution in [2.45, 2.75) is 26.4 Å². The van der Waals surface area contributed by atoms with Crippen LogP contribution in [-0.4, -0.2) is 17.9 Å². The zero-order valence-electron chi connectivity index (χ0n) is 13.6. The molecule has 1 atom stereocenters. The molecule has 0 amide bonds. The first-order valence-corrected chi connectivity index (χ1v) is 7.83. The standard InChI is InChI=1S/C20H18O4/c1-13-7-4-3-5-9-16(22)20-18(23-13)12-11-15-8-6-10-17(19(15)20)24-14(2)21/h3-8,10-13H,9H2,1-2H3/b5-3-,7-4-. The van der Waals surface area contributed by atoms with Crippen LogP contribution in [0.4, 0.5) is 0 Å². The van der Waals surface area contributed by atoms with Crippen LogP contribution in [-0.2, 0) is 4.79 Å². The van der Waals surface area contributed by atoms with E-state index in [4.69, 9.17) is 9.47 Å². The van der Waals surface area contributed by atoms with Crippen molar-refractivity contribution in [3.8, 4) is 11.5 Å². The van der Waals surface area contributed by atoms with E-state index in [2.05, 4.69) is 0 Å². The van der Waals surface area contributed by atoms with Crippen molar-refractivity contribution in [3.63, 3.8) is 0 Å². The maximum absolute atomic E-state index is 12.8. The molecule has 1 heterocycles. The smallest absolute Gasteiger partial charge is 0.308 e. The number of rotatable bonds is 1. The average Bonchev–Trinajstić information content (AvgIpc) is 2.53. The molecule has 2 aromatic carbocycles. The van der Waals surface area contributed by atoms with Crippen LogP contribution >= 0.6 is 0 Å². The fourth-order valence-electron chi connectivity index (χ4n) is 2.76. The van der Waals surface area contributed by atoms with Gasteiger partial charge < -0.3 is 9.47 Å². The molecule has 1 aliphatic heterocycles. The van der Waals surface area contributed by atoms with Gasteiger partial charge in [-0.05, 0) is 30.5 Å². The second-order valence-corrected chi connectivity index (χ2v) is 5.65. The Balaban J connectivity index is 2.27. The van der Waals surface area contributed by atoms with Gasteiger partial charge in [0.2, 0.25) is 0 Å². The molecular formula is C20H18O4. The summed E-state index contributed by atoms with van der Waals surface area (Å²) >= 11 is 0. The Morgan fingerprint density at radius 2 is 2.04 bits per heavy atom. The van der Waals surface area contributed by atoms with Crippen molar-refractivity contribution >= 4 is 22.5 Å². The third kappa shape index (κ3) is 3.23. The molecule has 0 aliphatic carbocycles. The summed E-state index contributed by atoms with van der Waals surface area (Å²) < 4.78 is 11.2. The topological polar surface area (TPSA) is 52.6 Å². The predicted octanol–water partition coefficient (Wildman–Crippen LogP) is 4.23. The Kier molecular flexibility index (Phi) is 4.47. The zero-order valence-corrected chi connectivity index (χ0v) is 13.6. The van der Waals surface area contributed by atoms with Crippen LogP contribution in [0, 0.1) is 0 Å². The summed E-state index contributed by atoms with van der Waals surface area (Å²) in [5, 5.41) is 1.44. The molecule has 24 heavy (non-hydrogen) atoms. The summed E-state index contributed by atoms with van der Waals surface area (Å²) in [5.74, 6) is 0.371. The number of hydrogen-bond acceptors (Lipinski definition) is 4. The van der Waals surface area contributed by atoms with Gasteiger partial charge in [-0.3, -0.25) is 9.59 Å². The second-order valence-electron chi connectivity index (χ2n) is 5.65. The van der Waals surface area contributed by atoms with E-state index >= 15 is 0 Å². The van der Waals surface area contributed by atoms with Crippen LogP contribution in [0.15, 0.2) is 54.6 Å². The van der Waals surface area contributed by atoms with Crippen LogP contribution in [0.3, 0.4) is 0 Å². The van der Waals surface area contributed by atoms with Crippen molar-refractivity contribution in [2.75, 3.05) is 0 Å². The first-order chi connectivity index (χ1) is 11.6. The van der Waals surface area contributed by atoms with Gasteiger partial charge in [0, 0.05) is 18.7 Å². The van der Waals surface area contributed by atoms with Gasteiger partial charge in [0.15, 0.2) is 5.78 Å². The highest BCUT2D eigenvalue weighted by Crippen LogP contribution is 2.36. The van der Waals surface area contributed by atoms with Crippen molar-refractivity contribution in [2.24, 2.45) is 0 Å². The molecule has 2 aromatic rings. The number of ether oxygens (including phenoxy) is 2. The molecule has 4 heteroatoms. The molecule has 0 saturated heterocycles. The normalized spacial score (nSPS) is 19.9. The number of esters is 1. The van der Waals surface area contributed by atoms with Gasteiger partial charge in [-0.1, -0.05) is 36.4 Å². The lowest BCUT2D eigenvalue weighted by atomic mass is 9.97. The molecule has 0 radical (unpaired) electrons. The quantitative estimate of drug-likeness (QED) is 0.582. The highest BCUT2D eigenvalue weighted by atomic mass is 16.5. The van der Waals surface area contributed by atoms with Crippen LogP contribution in [0.5, 0.6) is 11.5 Å². The molecule has 0 bridgehead atoms. The lowest BCUT2D eigenvalue weighted by Gasteiger charge is -2.18. The highest BCUT2D eigenvalue weighted by Gasteiger charge is 2.21. The number of allylic oxidation sites excluding steroid dienone is 3. The summed E-state index contributed by atoms with van der Waals surface area (Å²) in [4.78, 5) is 24.2. The van der Waals surface area contributed by atoms with Gasteiger partial charge in [-0.25, -0.2) is 0 Å². The van der Waals surface area contributed by atoms with Crippen LogP contribution < -0.4 is 9.47 Å². The first kappa shape index (κ1) is 16.0. The van der Waals surface area contributed by atoms with Crippen molar-refractivity contribution in [1.29, 1.82) is 0 Å². The summed E-state index contributed by atoms with van der Waals surface area (Å²) in [5.41, 5.74) is 0.455. The molecule has 0 N–H and O–H groups in total. The van der Waals surface area contributed by atoms with E-state index in [9.17, 15) is 9.59 Å². The fraction of sp³-hybridized carbons (Fsp3) is 0.200. The summed E-state index contributed by atoms with van der Waals surface area (Å²) in [6.45, 7) is 3.25. The van der Waals surface area contributed by atoms with E-state index in [1.165, 1.54) is 6.92 Å². The van der Waals surface area contributed by atoms with Crippen LogP contribution in [0.25, 0.3) is 10.8 Å². The number of ketones is 1. The van der Waals surface area contributed by atoms with E-state index in [1.807, 2.05) is 43.4 Å². The monoisotopic (exact) mass is 322 g/mol. The number of carbonyl (C=O) groups excluding carboxylic acids is 2. The van der Waals surface area contributed by atoms with Gasteiger partial charge in [0.1, 0.15) is 17.6 Å². The number of Topliss-reactive ketones (excluding diaryl/α,β-unsaturated/α-hetero) is 1. The summed E-state index contributed by atoms with van der Waals surface area (Å²) in [6.07, 6.45) is 7.50. The minimum Gasteiger partial charge on any atom is -0.486 e. The molecule has 3 rings (SSSR count). The van der Waals surface area contributed by atoms with Crippen molar-refractivity contribution in [1.82, 2.24) is 0 Å². The maximum atomic E-state index is 12.8. The molecule has 122 valence electrons. The zero-order chi connectivity index (χ0) is 17.1. The van der Waals surface area contributed by atoms with Gasteiger partial charge in [-0.15, -0.1) is 0 Å². The van der Waals surface area contributed by atoms with Crippen LogP contribution in [0.2, 0.25) is 0 Å². The Labute approximate surface area is 140 Å². The summed E-state index contributed by atoms with van der Waals surface area (Å²) in [6, 6.07) is 9.03. The minimum absolute atomic E-state index is 0.0750. The van der Waals surface area contributed by atoms with Gasteiger partial charge in [0.25, 0.3) is 0 Å². The predicted molar refractivity (Wildman–Crippen MR) is 92.6 cm³/mol. The molecule has 0 aromatic heterocycles. The Hall–Kier alpha value is -2.88. The van der Waals surface area contributed by atoms with Gasteiger partial charge in [-0.2, -0.15) is 0 Å². The number of hydrogen-bond donors (Lipinski definition) is 0. The number of benzene rings is 2. The molecular weight excluding hydrogens is 304 g/mol. The highest BCUT2D eigenvalue weighted by molar-refractivity contribution is 6.13. The maximum Gasteiger partial charge on any atom is 0.308 e. The molecule has 4 nitrogen and oxygen atoms in total. The van der Waals surface area contributed by atoms with Crippen molar-refractivity contribution in [3.05, 3.63) is 60.2 Å². The summed E-state index contributed by atoms with van der Waals surface area (Å²) in [7, 11) is 0. The van der Waals surface area contributed by atoms with E-state index < -0.39 is 5.97 Å². The van der Waals surface area contributed by atoms with Gasteiger partial charge >= 0.3 is 5.97 Å². The Bertz CT molecular complexity index is 861.